The Morgan fingerprint density at radius 3 is 1.70 bits per heavy atom. The number of benzene rings is 2. The van der Waals surface area contributed by atoms with E-state index >= 15 is 0 Å². The molecule has 0 saturated carbocycles. The van der Waals surface area contributed by atoms with Gasteiger partial charge in [-0.25, -0.2) is 0 Å². The molecule has 148 valence electrons. The van der Waals surface area contributed by atoms with Crippen LogP contribution in [0.25, 0.3) is 0 Å². The highest BCUT2D eigenvalue weighted by molar-refractivity contribution is 5.17. The van der Waals surface area contributed by atoms with Gasteiger partial charge in [0.05, 0.1) is 6.04 Å². The van der Waals surface area contributed by atoms with Crippen LogP contribution in [0.5, 0.6) is 0 Å². The van der Waals surface area contributed by atoms with Crippen molar-refractivity contribution in [1.82, 2.24) is 4.90 Å². The maximum absolute atomic E-state index is 5.71. The second-order valence-corrected chi connectivity index (χ2v) is 7.13. The fourth-order valence-corrected chi connectivity index (χ4v) is 3.61. The van der Waals surface area contributed by atoms with Crippen LogP contribution in [0.2, 0.25) is 0 Å². The third-order valence-electron chi connectivity index (χ3n) is 5.06. The zero-order valence-corrected chi connectivity index (χ0v) is 17.1. The van der Waals surface area contributed by atoms with E-state index in [0.29, 0.717) is 0 Å². The van der Waals surface area contributed by atoms with E-state index in [1.165, 1.54) is 36.8 Å². The Bertz CT molecular complexity index is 557. The topological polar surface area (TPSA) is 21.7 Å². The van der Waals surface area contributed by atoms with Gasteiger partial charge in [0.15, 0.2) is 6.29 Å². The van der Waals surface area contributed by atoms with E-state index in [0.717, 1.165) is 19.5 Å². The van der Waals surface area contributed by atoms with E-state index in [1.54, 1.807) is 14.2 Å². The van der Waals surface area contributed by atoms with Gasteiger partial charge in [-0.15, -0.1) is 0 Å². The second-order valence-electron chi connectivity index (χ2n) is 7.13. The number of methoxy groups -OCH3 is 2. The predicted octanol–water partition coefficient (Wildman–Crippen LogP) is 5.65. The van der Waals surface area contributed by atoms with E-state index in [2.05, 4.69) is 72.5 Å². The molecule has 0 bridgehead atoms. The Morgan fingerprint density at radius 1 is 0.741 bits per heavy atom. The molecule has 3 heteroatoms. The summed E-state index contributed by atoms with van der Waals surface area (Å²) < 4.78 is 11.4. The number of hydrogen-bond donors (Lipinski definition) is 0. The van der Waals surface area contributed by atoms with Crippen LogP contribution < -0.4 is 0 Å². The molecule has 3 nitrogen and oxygen atoms in total. The van der Waals surface area contributed by atoms with Gasteiger partial charge in [0.1, 0.15) is 0 Å². The summed E-state index contributed by atoms with van der Waals surface area (Å²) in [5.74, 6) is 0. The summed E-state index contributed by atoms with van der Waals surface area (Å²) in [5, 5.41) is 0. The predicted molar refractivity (Wildman–Crippen MR) is 112 cm³/mol. The quantitative estimate of drug-likeness (QED) is 0.336. The van der Waals surface area contributed by atoms with Crippen LogP contribution >= 0.6 is 0 Å². The molecule has 0 heterocycles. The third kappa shape index (κ3) is 7.45. The summed E-state index contributed by atoms with van der Waals surface area (Å²) in [4.78, 5) is 2.51. The number of hydrogen-bond acceptors (Lipinski definition) is 3. The molecule has 0 saturated heterocycles. The Kier molecular flexibility index (Phi) is 10.1. The van der Waals surface area contributed by atoms with Crippen LogP contribution in [0, 0.1) is 0 Å². The lowest BCUT2D eigenvalue weighted by Gasteiger charge is -2.36. The molecule has 0 aliphatic rings. The smallest absolute Gasteiger partial charge is 0.172 e. The van der Waals surface area contributed by atoms with Crippen LogP contribution in [0.3, 0.4) is 0 Å². The lowest BCUT2D eigenvalue weighted by atomic mass is 10.0. The lowest BCUT2D eigenvalue weighted by Crippen LogP contribution is -2.44. The first kappa shape index (κ1) is 21.6. The first-order valence-electron chi connectivity index (χ1n) is 10.2. The summed E-state index contributed by atoms with van der Waals surface area (Å²) in [6.07, 6.45) is 5.85. The van der Waals surface area contributed by atoms with Crippen molar-refractivity contribution in [3.8, 4) is 0 Å². The van der Waals surface area contributed by atoms with Gasteiger partial charge < -0.3 is 9.47 Å². The number of nitrogens with zero attached hydrogens (tertiary/aromatic N) is 1. The van der Waals surface area contributed by atoms with Gasteiger partial charge in [0.25, 0.3) is 0 Å². The Labute approximate surface area is 165 Å². The van der Waals surface area contributed by atoms with Gasteiger partial charge in [-0.05, 0) is 17.5 Å². The largest absolute Gasteiger partial charge is 0.354 e. The van der Waals surface area contributed by atoms with E-state index in [1.807, 2.05) is 0 Å². The van der Waals surface area contributed by atoms with E-state index in [-0.39, 0.29) is 12.3 Å². The van der Waals surface area contributed by atoms with Crippen LogP contribution in [0.1, 0.15) is 50.2 Å². The summed E-state index contributed by atoms with van der Waals surface area (Å²) in [6, 6.07) is 21.6. The first-order chi connectivity index (χ1) is 13.3. The molecule has 0 aromatic heterocycles. The van der Waals surface area contributed by atoms with Gasteiger partial charge >= 0.3 is 0 Å². The fraction of sp³-hybridized carbons (Fsp3) is 0.500. The van der Waals surface area contributed by atoms with Crippen molar-refractivity contribution in [2.24, 2.45) is 0 Å². The van der Waals surface area contributed by atoms with Gasteiger partial charge in [0, 0.05) is 27.3 Å². The molecule has 0 aliphatic heterocycles. The molecule has 0 N–H and O–H groups in total. The minimum absolute atomic E-state index is 0.220. The molecule has 0 amide bonds. The van der Waals surface area contributed by atoms with Crippen molar-refractivity contribution in [2.45, 2.75) is 64.4 Å². The molecule has 0 aliphatic carbocycles. The summed E-state index contributed by atoms with van der Waals surface area (Å²) in [7, 11) is 3.49. The molecule has 2 rings (SSSR count). The minimum Gasteiger partial charge on any atom is -0.354 e. The molecular weight excluding hydrogens is 334 g/mol. The van der Waals surface area contributed by atoms with Crippen LogP contribution in [0.15, 0.2) is 60.7 Å². The number of unbranched alkanes of at least 4 members (excludes halogenated alkanes) is 3. The highest BCUT2D eigenvalue weighted by Crippen LogP contribution is 2.22. The molecule has 0 spiro atoms. The zero-order chi connectivity index (χ0) is 19.3. The normalized spacial score (nSPS) is 12.6. The molecule has 1 atom stereocenters. The molecular formula is C24H35NO2. The Balaban J connectivity index is 2.20. The third-order valence-corrected chi connectivity index (χ3v) is 5.06. The highest BCUT2D eigenvalue weighted by Gasteiger charge is 2.27. The monoisotopic (exact) mass is 369 g/mol. The van der Waals surface area contributed by atoms with E-state index < -0.39 is 0 Å². The van der Waals surface area contributed by atoms with Crippen molar-refractivity contribution in [3.05, 3.63) is 71.8 Å². The molecule has 1 unspecified atom stereocenters. The molecule has 0 fully saturated rings. The van der Waals surface area contributed by atoms with Gasteiger partial charge in [0.2, 0.25) is 0 Å². The molecule has 2 aromatic carbocycles. The number of rotatable bonds is 13. The standard InChI is InChI=1S/C24H35NO2/c1-4-5-6-13-18-23(24(26-2)27-3)25(19-21-14-9-7-10-15-21)20-22-16-11-8-12-17-22/h7-12,14-17,23-24H,4-6,13,18-20H2,1-3H3. The SMILES string of the molecule is CCCCCCC(C(OC)OC)N(Cc1ccccc1)Cc1ccccc1. The zero-order valence-electron chi connectivity index (χ0n) is 17.1. The second kappa shape index (κ2) is 12.7. The van der Waals surface area contributed by atoms with Crippen LogP contribution in [-0.4, -0.2) is 31.5 Å². The molecule has 2 aromatic rings. The Hall–Kier alpha value is -1.68. The molecule has 0 radical (unpaired) electrons. The summed E-state index contributed by atoms with van der Waals surface area (Å²) >= 11 is 0. The van der Waals surface area contributed by atoms with Gasteiger partial charge in [-0.3, -0.25) is 4.90 Å². The fourth-order valence-electron chi connectivity index (χ4n) is 3.61. The van der Waals surface area contributed by atoms with Crippen molar-refractivity contribution in [1.29, 1.82) is 0 Å². The first-order valence-corrected chi connectivity index (χ1v) is 10.2. The molecule has 27 heavy (non-hydrogen) atoms. The van der Waals surface area contributed by atoms with Crippen molar-refractivity contribution in [3.63, 3.8) is 0 Å². The highest BCUT2D eigenvalue weighted by atomic mass is 16.7. The van der Waals surface area contributed by atoms with Crippen molar-refractivity contribution in [2.75, 3.05) is 14.2 Å². The van der Waals surface area contributed by atoms with Crippen LogP contribution in [-0.2, 0) is 22.6 Å². The summed E-state index contributed by atoms with van der Waals surface area (Å²) in [6.45, 7) is 4.02. The Morgan fingerprint density at radius 2 is 1.26 bits per heavy atom. The van der Waals surface area contributed by atoms with Gasteiger partial charge in [-0.1, -0.05) is 93.3 Å². The van der Waals surface area contributed by atoms with Crippen LogP contribution in [0.4, 0.5) is 0 Å². The average molecular weight is 370 g/mol. The lowest BCUT2D eigenvalue weighted by molar-refractivity contribution is -0.152. The van der Waals surface area contributed by atoms with Crippen molar-refractivity contribution < 1.29 is 9.47 Å². The summed E-state index contributed by atoms with van der Waals surface area (Å²) in [5.41, 5.74) is 2.64. The maximum atomic E-state index is 5.71. The number of ether oxygens (including phenoxy) is 2. The van der Waals surface area contributed by atoms with Gasteiger partial charge in [-0.2, -0.15) is 0 Å². The minimum atomic E-state index is -0.223. The maximum Gasteiger partial charge on any atom is 0.172 e. The van der Waals surface area contributed by atoms with Crippen molar-refractivity contribution >= 4 is 0 Å². The van der Waals surface area contributed by atoms with E-state index in [9.17, 15) is 0 Å². The van der Waals surface area contributed by atoms with E-state index in [4.69, 9.17) is 9.47 Å². The average Bonchev–Trinajstić information content (AvgIpc) is 2.71.